The first-order chi connectivity index (χ1) is 9.52. The van der Waals surface area contributed by atoms with Crippen LogP contribution in [0.4, 0.5) is 0 Å². The summed E-state index contributed by atoms with van der Waals surface area (Å²) in [5.74, 6) is 0.914. The summed E-state index contributed by atoms with van der Waals surface area (Å²) >= 11 is 1.88. The molecular weight excluding hydrogens is 266 g/mol. The quantitative estimate of drug-likeness (QED) is 0.880. The molecule has 4 heteroatoms. The van der Waals surface area contributed by atoms with Crippen molar-refractivity contribution in [2.24, 2.45) is 11.7 Å². The van der Waals surface area contributed by atoms with Crippen LogP contribution in [0.2, 0.25) is 0 Å². The second-order valence-corrected chi connectivity index (χ2v) is 7.25. The molecule has 0 fully saturated rings. The molecule has 2 unspecified atom stereocenters. The van der Waals surface area contributed by atoms with Gasteiger partial charge in [0.05, 0.1) is 6.33 Å². The van der Waals surface area contributed by atoms with E-state index >= 15 is 0 Å². The van der Waals surface area contributed by atoms with E-state index in [0.717, 1.165) is 6.42 Å². The second kappa shape index (κ2) is 6.55. The van der Waals surface area contributed by atoms with Crippen LogP contribution in [0.25, 0.3) is 0 Å². The van der Waals surface area contributed by atoms with Gasteiger partial charge in [-0.25, -0.2) is 4.98 Å². The maximum absolute atomic E-state index is 5.95. The Hall–Kier alpha value is -1.13. The van der Waals surface area contributed by atoms with Gasteiger partial charge in [-0.3, -0.25) is 0 Å². The molecule has 0 saturated carbocycles. The topological polar surface area (TPSA) is 43.8 Å². The predicted molar refractivity (Wildman–Crippen MR) is 86.3 cm³/mol. The molecule has 0 aliphatic carbocycles. The Bertz CT molecular complexity index is 541. The molecule has 0 aromatic carbocycles. The fourth-order valence-electron chi connectivity index (χ4n) is 2.69. The van der Waals surface area contributed by atoms with Crippen molar-refractivity contribution < 1.29 is 0 Å². The summed E-state index contributed by atoms with van der Waals surface area (Å²) < 4.78 is 2.30. The molecule has 0 radical (unpaired) electrons. The first kappa shape index (κ1) is 15.3. The predicted octanol–water partition coefficient (Wildman–Crippen LogP) is 3.76. The van der Waals surface area contributed by atoms with Gasteiger partial charge in [0.2, 0.25) is 0 Å². The van der Waals surface area contributed by atoms with Gasteiger partial charge in [0, 0.05) is 46.6 Å². The summed E-state index contributed by atoms with van der Waals surface area (Å²) in [6.45, 7) is 9.54. The van der Waals surface area contributed by atoms with Crippen LogP contribution in [-0.2, 0) is 6.42 Å². The molecule has 2 N–H and O–H groups in total. The van der Waals surface area contributed by atoms with E-state index in [0.29, 0.717) is 24.4 Å². The minimum atomic E-state index is 0.380. The number of hydrogen-bond acceptors (Lipinski definition) is 3. The van der Waals surface area contributed by atoms with E-state index in [-0.39, 0.29) is 0 Å². The van der Waals surface area contributed by atoms with E-state index in [9.17, 15) is 0 Å². The molecule has 2 rings (SSSR count). The Labute approximate surface area is 125 Å². The van der Waals surface area contributed by atoms with Gasteiger partial charge in [0.1, 0.15) is 0 Å². The number of aromatic nitrogens is 2. The number of aryl methyl sites for hydroxylation is 1. The van der Waals surface area contributed by atoms with Crippen molar-refractivity contribution in [2.45, 2.75) is 46.1 Å². The van der Waals surface area contributed by atoms with Gasteiger partial charge in [-0.05, 0) is 31.9 Å². The Kier molecular flexibility index (Phi) is 5.00. The average Bonchev–Trinajstić information content (AvgIpc) is 2.99. The highest BCUT2D eigenvalue weighted by Gasteiger charge is 2.20. The molecule has 2 heterocycles. The molecular formula is C16H25N3S. The Morgan fingerprint density at radius 1 is 1.30 bits per heavy atom. The Morgan fingerprint density at radius 2 is 2.05 bits per heavy atom. The first-order valence-corrected chi connectivity index (χ1v) is 8.11. The van der Waals surface area contributed by atoms with Crippen LogP contribution in [0.5, 0.6) is 0 Å². The number of rotatable bonds is 6. The molecule has 20 heavy (non-hydrogen) atoms. The van der Waals surface area contributed by atoms with E-state index in [1.807, 2.05) is 23.9 Å². The highest BCUT2D eigenvalue weighted by atomic mass is 32.1. The van der Waals surface area contributed by atoms with Gasteiger partial charge >= 0.3 is 0 Å². The summed E-state index contributed by atoms with van der Waals surface area (Å²) in [5, 5.41) is 0. The van der Waals surface area contributed by atoms with E-state index in [1.54, 1.807) is 0 Å². The number of nitrogens with zero attached hydrogens (tertiary/aromatic N) is 2. The van der Waals surface area contributed by atoms with Gasteiger partial charge in [0.15, 0.2) is 0 Å². The third-order valence-corrected chi connectivity index (χ3v) is 4.93. The molecule has 0 aliphatic rings. The lowest BCUT2D eigenvalue weighted by atomic mass is 9.92. The largest absolute Gasteiger partial charge is 0.331 e. The zero-order valence-corrected chi connectivity index (χ0v) is 13.7. The van der Waals surface area contributed by atoms with Crippen molar-refractivity contribution in [3.05, 3.63) is 40.1 Å². The Balaban J connectivity index is 2.18. The van der Waals surface area contributed by atoms with Crippen molar-refractivity contribution in [3.63, 3.8) is 0 Å². The van der Waals surface area contributed by atoms with E-state index in [1.165, 1.54) is 15.4 Å². The number of imidazole rings is 1. The van der Waals surface area contributed by atoms with Gasteiger partial charge in [-0.1, -0.05) is 13.8 Å². The summed E-state index contributed by atoms with van der Waals surface area (Å²) in [6, 6.07) is 4.84. The van der Waals surface area contributed by atoms with Crippen LogP contribution < -0.4 is 5.73 Å². The van der Waals surface area contributed by atoms with Gasteiger partial charge in [-0.2, -0.15) is 0 Å². The molecule has 0 aliphatic heterocycles. The smallest absolute Gasteiger partial charge is 0.0950 e. The minimum Gasteiger partial charge on any atom is -0.331 e. The number of nitrogens with two attached hydrogens (primary N) is 1. The van der Waals surface area contributed by atoms with Gasteiger partial charge in [0.25, 0.3) is 0 Å². The molecule has 2 atom stereocenters. The van der Waals surface area contributed by atoms with Crippen LogP contribution in [-0.4, -0.2) is 16.1 Å². The molecule has 0 bridgehead atoms. The van der Waals surface area contributed by atoms with Crippen molar-refractivity contribution in [1.29, 1.82) is 0 Å². The van der Waals surface area contributed by atoms with Crippen molar-refractivity contribution in [3.8, 4) is 0 Å². The summed E-state index contributed by atoms with van der Waals surface area (Å²) in [4.78, 5) is 7.16. The molecule has 0 saturated heterocycles. The Morgan fingerprint density at radius 3 is 2.60 bits per heavy atom. The zero-order chi connectivity index (χ0) is 14.7. The first-order valence-electron chi connectivity index (χ1n) is 7.30. The average molecular weight is 291 g/mol. The highest BCUT2D eigenvalue weighted by molar-refractivity contribution is 7.11. The lowest BCUT2D eigenvalue weighted by molar-refractivity contribution is 0.444. The summed E-state index contributed by atoms with van der Waals surface area (Å²) in [6.07, 6.45) is 4.98. The van der Waals surface area contributed by atoms with E-state index < -0.39 is 0 Å². The second-order valence-electron chi connectivity index (χ2n) is 5.88. The van der Waals surface area contributed by atoms with Crippen LogP contribution in [0.3, 0.4) is 0 Å². The van der Waals surface area contributed by atoms with Crippen LogP contribution in [0.15, 0.2) is 24.7 Å². The lowest BCUT2D eigenvalue weighted by Crippen LogP contribution is -2.22. The number of thiophene rings is 1. The molecule has 2 aromatic heterocycles. The summed E-state index contributed by atoms with van der Waals surface area (Å²) in [5.41, 5.74) is 7.22. The van der Waals surface area contributed by atoms with Crippen molar-refractivity contribution in [1.82, 2.24) is 9.55 Å². The maximum Gasteiger partial charge on any atom is 0.0950 e. The van der Waals surface area contributed by atoms with Crippen LogP contribution >= 0.6 is 11.3 Å². The molecule has 110 valence electrons. The van der Waals surface area contributed by atoms with E-state index in [4.69, 9.17) is 5.73 Å². The number of hydrogen-bond donors (Lipinski definition) is 1. The maximum atomic E-state index is 5.95. The van der Waals surface area contributed by atoms with Gasteiger partial charge < -0.3 is 10.3 Å². The standard InChI is InChI=1S/C16H25N3S/c1-11(2)15(8-17)16-9-18-10-19(16)12(3)7-14-6-5-13(4)20-14/h5-6,9-12,15H,7-8,17H2,1-4H3. The molecule has 2 aromatic rings. The monoisotopic (exact) mass is 291 g/mol. The highest BCUT2D eigenvalue weighted by Crippen LogP contribution is 2.28. The van der Waals surface area contributed by atoms with Crippen LogP contribution in [0, 0.1) is 12.8 Å². The molecule has 0 spiro atoms. The lowest BCUT2D eigenvalue weighted by Gasteiger charge is -2.23. The molecule has 3 nitrogen and oxygen atoms in total. The normalized spacial score (nSPS) is 14.7. The van der Waals surface area contributed by atoms with Crippen molar-refractivity contribution >= 4 is 11.3 Å². The fourth-order valence-corrected chi connectivity index (χ4v) is 3.70. The third-order valence-electron chi connectivity index (χ3n) is 3.90. The van der Waals surface area contributed by atoms with E-state index in [2.05, 4.69) is 49.4 Å². The zero-order valence-electron chi connectivity index (χ0n) is 12.8. The fraction of sp³-hybridized carbons (Fsp3) is 0.562. The summed E-state index contributed by atoms with van der Waals surface area (Å²) in [7, 11) is 0. The van der Waals surface area contributed by atoms with Crippen molar-refractivity contribution in [2.75, 3.05) is 6.54 Å². The molecule has 0 amide bonds. The minimum absolute atomic E-state index is 0.380. The SMILES string of the molecule is Cc1ccc(CC(C)n2cncc2C(CN)C(C)C)s1. The van der Waals surface area contributed by atoms with Crippen LogP contribution in [0.1, 0.15) is 48.2 Å². The van der Waals surface area contributed by atoms with Gasteiger partial charge in [-0.15, -0.1) is 11.3 Å². The third kappa shape index (κ3) is 3.30.